The van der Waals surface area contributed by atoms with Gasteiger partial charge in [-0.1, -0.05) is 0 Å². The lowest BCUT2D eigenvalue weighted by Crippen LogP contribution is -2.52. The fraction of sp³-hybridized carbons (Fsp3) is 0.583. The predicted octanol–water partition coefficient (Wildman–Crippen LogP) is 2.42. The SMILES string of the molecule is COc1cc(-c2cc(C(=O)N3CC[C@H](C(=O)NC4CCC(O)CC4)CC34CC4)[nH]n2)c(F)cn1. The molecule has 182 valence electrons. The molecule has 2 saturated carbocycles. The van der Waals surface area contributed by atoms with Gasteiger partial charge in [0.2, 0.25) is 11.8 Å². The van der Waals surface area contributed by atoms with Crippen molar-refractivity contribution in [1.29, 1.82) is 0 Å². The predicted molar refractivity (Wildman–Crippen MR) is 120 cm³/mol. The first-order valence-corrected chi connectivity index (χ1v) is 11.9. The fourth-order valence-corrected chi connectivity index (χ4v) is 5.33. The second-order valence-electron chi connectivity index (χ2n) is 9.76. The third-order valence-corrected chi connectivity index (χ3v) is 7.51. The maximum atomic E-state index is 14.3. The van der Waals surface area contributed by atoms with E-state index in [2.05, 4.69) is 20.5 Å². The van der Waals surface area contributed by atoms with Gasteiger partial charge < -0.3 is 20.1 Å². The Morgan fingerprint density at radius 2 is 2.00 bits per heavy atom. The summed E-state index contributed by atoms with van der Waals surface area (Å²) in [5.41, 5.74) is 0.503. The van der Waals surface area contributed by atoms with Crippen molar-refractivity contribution in [3.8, 4) is 17.1 Å². The Kier molecular flexibility index (Phi) is 6.01. The van der Waals surface area contributed by atoms with Crippen molar-refractivity contribution in [2.45, 2.75) is 69.1 Å². The summed E-state index contributed by atoms with van der Waals surface area (Å²) in [5.74, 6) is -0.532. The molecule has 1 atom stereocenters. The molecule has 1 spiro atoms. The van der Waals surface area contributed by atoms with Gasteiger partial charge in [0.05, 0.1) is 25.1 Å². The summed E-state index contributed by atoms with van der Waals surface area (Å²) in [5, 5.41) is 19.7. The molecule has 3 heterocycles. The molecule has 0 aromatic carbocycles. The highest BCUT2D eigenvalue weighted by atomic mass is 19.1. The van der Waals surface area contributed by atoms with E-state index in [0.717, 1.165) is 44.7 Å². The summed E-state index contributed by atoms with van der Waals surface area (Å²) in [6.45, 7) is 0.492. The lowest BCUT2D eigenvalue weighted by molar-refractivity contribution is -0.128. The molecule has 3 N–H and O–H groups in total. The van der Waals surface area contributed by atoms with Crippen LogP contribution in [0.25, 0.3) is 11.3 Å². The number of aromatic nitrogens is 3. The third-order valence-electron chi connectivity index (χ3n) is 7.51. The number of carbonyl (C=O) groups excluding carboxylic acids is 2. The minimum Gasteiger partial charge on any atom is -0.481 e. The molecule has 9 nitrogen and oxygen atoms in total. The van der Waals surface area contributed by atoms with Gasteiger partial charge in [-0.3, -0.25) is 14.7 Å². The van der Waals surface area contributed by atoms with Crippen molar-refractivity contribution in [3.63, 3.8) is 0 Å². The highest BCUT2D eigenvalue weighted by Crippen LogP contribution is 2.50. The average Bonchev–Trinajstić information content (AvgIpc) is 3.41. The number of halogens is 1. The molecule has 3 aliphatic rings. The van der Waals surface area contributed by atoms with Gasteiger partial charge in [-0.05, 0) is 57.4 Å². The van der Waals surface area contributed by atoms with Gasteiger partial charge in [-0.25, -0.2) is 9.37 Å². The zero-order valence-electron chi connectivity index (χ0n) is 19.2. The van der Waals surface area contributed by atoms with Crippen LogP contribution in [0.15, 0.2) is 18.3 Å². The molecule has 2 aliphatic carbocycles. The summed E-state index contributed by atoms with van der Waals surface area (Å²) in [4.78, 5) is 31.9. The topological polar surface area (TPSA) is 120 Å². The lowest BCUT2D eigenvalue weighted by Gasteiger charge is -2.40. The molecule has 1 saturated heterocycles. The number of hydrogen-bond acceptors (Lipinski definition) is 6. The average molecular weight is 472 g/mol. The highest BCUT2D eigenvalue weighted by Gasteiger charge is 2.54. The number of pyridine rings is 1. The second kappa shape index (κ2) is 8.98. The first kappa shape index (κ1) is 22.8. The van der Waals surface area contributed by atoms with Crippen LogP contribution in [0.2, 0.25) is 0 Å². The molecule has 0 radical (unpaired) electrons. The van der Waals surface area contributed by atoms with Crippen molar-refractivity contribution in [2.75, 3.05) is 13.7 Å². The van der Waals surface area contributed by atoms with E-state index in [1.165, 1.54) is 13.2 Å². The van der Waals surface area contributed by atoms with Crippen LogP contribution in [0.4, 0.5) is 4.39 Å². The van der Waals surface area contributed by atoms with Crippen LogP contribution in [0.3, 0.4) is 0 Å². The van der Waals surface area contributed by atoms with Crippen molar-refractivity contribution < 1.29 is 23.8 Å². The van der Waals surface area contributed by atoms with Gasteiger partial charge in [0, 0.05) is 35.7 Å². The van der Waals surface area contributed by atoms with Crippen LogP contribution >= 0.6 is 0 Å². The van der Waals surface area contributed by atoms with Crippen LogP contribution in [0.1, 0.15) is 61.9 Å². The zero-order valence-corrected chi connectivity index (χ0v) is 19.2. The van der Waals surface area contributed by atoms with E-state index in [0.29, 0.717) is 30.8 Å². The van der Waals surface area contributed by atoms with Crippen LogP contribution < -0.4 is 10.1 Å². The molecule has 34 heavy (non-hydrogen) atoms. The number of aromatic amines is 1. The van der Waals surface area contributed by atoms with Crippen molar-refractivity contribution >= 4 is 11.8 Å². The second-order valence-corrected chi connectivity index (χ2v) is 9.76. The molecule has 10 heteroatoms. The van der Waals surface area contributed by atoms with E-state index >= 15 is 0 Å². The van der Waals surface area contributed by atoms with E-state index in [1.54, 1.807) is 6.07 Å². The molecule has 2 aromatic heterocycles. The Morgan fingerprint density at radius 3 is 2.71 bits per heavy atom. The van der Waals surface area contributed by atoms with Gasteiger partial charge in [-0.2, -0.15) is 5.10 Å². The number of hydrogen-bond donors (Lipinski definition) is 3. The van der Waals surface area contributed by atoms with Crippen molar-refractivity contribution in [2.24, 2.45) is 5.92 Å². The monoisotopic (exact) mass is 471 g/mol. The maximum absolute atomic E-state index is 14.3. The Hall–Kier alpha value is -3.01. The Balaban J connectivity index is 1.25. The highest BCUT2D eigenvalue weighted by molar-refractivity contribution is 5.94. The van der Waals surface area contributed by atoms with Crippen LogP contribution in [0.5, 0.6) is 5.88 Å². The summed E-state index contributed by atoms with van der Waals surface area (Å²) in [6.07, 6.45) is 6.87. The summed E-state index contributed by atoms with van der Waals surface area (Å²) < 4.78 is 19.3. The molecule has 2 amide bonds. The number of aliphatic hydroxyl groups excluding tert-OH is 1. The largest absolute Gasteiger partial charge is 0.481 e. The normalized spacial score (nSPS) is 25.7. The molecule has 3 fully saturated rings. The van der Waals surface area contributed by atoms with Gasteiger partial charge in [0.15, 0.2) is 5.82 Å². The van der Waals surface area contributed by atoms with Gasteiger partial charge in [0.25, 0.3) is 5.91 Å². The minimum atomic E-state index is -0.552. The van der Waals surface area contributed by atoms with Crippen LogP contribution in [-0.4, -0.2) is 68.3 Å². The van der Waals surface area contributed by atoms with Gasteiger partial charge in [-0.15, -0.1) is 0 Å². The number of H-pyrrole nitrogens is 1. The molecule has 0 bridgehead atoms. The minimum absolute atomic E-state index is 0.0608. The number of methoxy groups -OCH3 is 1. The number of amides is 2. The quantitative estimate of drug-likeness (QED) is 0.616. The number of likely N-dealkylation sites (tertiary alicyclic amines) is 1. The number of nitrogens with one attached hydrogen (secondary N) is 2. The molecule has 2 aromatic rings. The van der Waals surface area contributed by atoms with Crippen molar-refractivity contribution in [3.05, 3.63) is 29.8 Å². The number of piperidine rings is 1. The van der Waals surface area contributed by atoms with Crippen LogP contribution in [-0.2, 0) is 4.79 Å². The van der Waals surface area contributed by atoms with E-state index in [1.807, 2.05) is 4.90 Å². The lowest BCUT2D eigenvalue weighted by atomic mass is 9.86. The molecule has 0 unspecified atom stereocenters. The van der Waals surface area contributed by atoms with E-state index in [4.69, 9.17) is 4.74 Å². The molecular weight excluding hydrogens is 441 g/mol. The van der Waals surface area contributed by atoms with E-state index in [-0.39, 0.29) is 46.9 Å². The fourth-order valence-electron chi connectivity index (χ4n) is 5.33. The maximum Gasteiger partial charge on any atom is 0.272 e. The van der Waals surface area contributed by atoms with Crippen molar-refractivity contribution in [1.82, 2.24) is 25.4 Å². The smallest absolute Gasteiger partial charge is 0.272 e. The Labute approximate surface area is 197 Å². The van der Waals surface area contributed by atoms with Gasteiger partial charge in [0.1, 0.15) is 5.69 Å². The number of rotatable bonds is 5. The third kappa shape index (κ3) is 4.38. The number of carbonyl (C=O) groups is 2. The number of ether oxygens (including phenoxy) is 1. The zero-order chi connectivity index (χ0) is 23.9. The molecular formula is C24H30FN5O4. The number of nitrogens with zero attached hydrogens (tertiary/aromatic N) is 3. The molecule has 5 rings (SSSR count). The standard InChI is InChI=1S/C24H30FN5O4/c1-34-21-10-17(18(25)13-26-21)19-11-20(29-28-19)23(33)30-9-6-14(12-24(30)7-8-24)22(32)27-15-2-4-16(31)5-3-15/h10-11,13-16,31H,2-9,12H2,1H3,(H,27,32)(H,28,29)/t14-,15?,16?/m0/s1. The summed E-state index contributed by atoms with van der Waals surface area (Å²) in [7, 11) is 1.45. The first-order chi connectivity index (χ1) is 16.4. The summed E-state index contributed by atoms with van der Waals surface area (Å²) in [6, 6.07) is 3.12. The molecule has 1 aliphatic heterocycles. The number of aliphatic hydroxyl groups is 1. The van der Waals surface area contributed by atoms with E-state index in [9.17, 15) is 19.1 Å². The first-order valence-electron chi connectivity index (χ1n) is 11.9. The Bertz CT molecular complexity index is 1080. The Morgan fingerprint density at radius 1 is 1.24 bits per heavy atom. The van der Waals surface area contributed by atoms with Crippen LogP contribution in [0, 0.1) is 11.7 Å². The summed E-state index contributed by atoms with van der Waals surface area (Å²) >= 11 is 0. The van der Waals surface area contributed by atoms with Gasteiger partial charge >= 0.3 is 0 Å². The van der Waals surface area contributed by atoms with E-state index < -0.39 is 5.82 Å².